The van der Waals surface area contributed by atoms with Gasteiger partial charge in [-0.25, -0.2) is 9.07 Å². The van der Waals surface area contributed by atoms with Crippen molar-refractivity contribution >= 4 is 0 Å². The van der Waals surface area contributed by atoms with Gasteiger partial charge in [-0.3, -0.25) is 0 Å². The van der Waals surface area contributed by atoms with Crippen LogP contribution >= 0.6 is 0 Å². The van der Waals surface area contributed by atoms with E-state index >= 15 is 0 Å². The molecule has 94 valence electrons. The first-order valence-electron chi connectivity index (χ1n) is 6.27. The van der Waals surface area contributed by atoms with Gasteiger partial charge >= 0.3 is 0 Å². The number of benzene rings is 1. The standard InChI is InChI=1S/C14H16FN3/c1-10-13(15)3-2-4-14(10)18-8-7-12(17-18)9-16-11-5-6-11/h2-4,7-8,11,16H,5-6,9H2,1H3. The van der Waals surface area contributed by atoms with Gasteiger partial charge in [-0.05, 0) is 38.0 Å². The van der Waals surface area contributed by atoms with Crippen molar-refractivity contribution in [1.82, 2.24) is 15.1 Å². The minimum atomic E-state index is -0.194. The monoisotopic (exact) mass is 245 g/mol. The molecule has 3 nitrogen and oxygen atoms in total. The number of halogens is 1. The van der Waals surface area contributed by atoms with E-state index in [1.165, 1.54) is 18.9 Å². The average Bonchev–Trinajstić information content (AvgIpc) is 3.08. The fourth-order valence-electron chi connectivity index (χ4n) is 1.97. The fourth-order valence-corrected chi connectivity index (χ4v) is 1.97. The van der Waals surface area contributed by atoms with Gasteiger partial charge < -0.3 is 5.32 Å². The number of nitrogens with zero attached hydrogens (tertiary/aromatic N) is 2. The minimum absolute atomic E-state index is 0.194. The van der Waals surface area contributed by atoms with Crippen LogP contribution in [0, 0.1) is 12.7 Å². The molecule has 1 aromatic carbocycles. The second-order valence-corrected chi connectivity index (χ2v) is 4.79. The summed E-state index contributed by atoms with van der Waals surface area (Å²) in [5.74, 6) is -0.194. The fraction of sp³-hybridized carbons (Fsp3) is 0.357. The van der Waals surface area contributed by atoms with E-state index in [9.17, 15) is 4.39 Å². The molecule has 0 radical (unpaired) electrons. The van der Waals surface area contributed by atoms with Crippen molar-refractivity contribution in [3.05, 3.63) is 47.5 Å². The molecule has 0 bridgehead atoms. The summed E-state index contributed by atoms with van der Waals surface area (Å²) in [7, 11) is 0. The van der Waals surface area contributed by atoms with Gasteiger partial charge in [0.15, 0.2) is 0 Å². The van der Waals surface area contributed by atoms with Crippen LogP contribution in [0.1, 0.15) is 24.1 Å². The first-order chi connectivity index (χ1) is 8.74. The van der Waals surface area contributed by atoms with Gasteiger partial charge in [0.25, 0.3) is 0 Å². The Morgan fingerprint density at radius 2 is 2.22 bits per heavy atom. The van der Waals surface area contributed by atoms with Crippen LogP contribution in [0.5, 0.6) is 0 Å². The Morgan fingerprint density at radius 3 is 3.00 bits per heavy atom. The molecule has 2 aromatic rings. The molecule has 1 aliphatic carbocycles. The summed E-state index contributed by atoms with van der Waals surface area (Å²) in [5, 5.41) is 7.88. The first-order valence-corrected chi connectivity index (χ1v) is 6.27. The van der Waals surface area contributed by atoms with E-state index in [-0.39, 0.29) is 5.82 Å². The van der Waals surface area contributed by atoms with Crippen LogP contribution in [0.3, 0.4) is 0 Å². The lowest BCUT2D eigenvalue weighted by Gasteiger charge is -2.06. The highest BCUT2D eigenvalue weighted by molar-refractivity contribution is 5.40. The molecule has 0 saturated heterocycles. The SMILES string of the molecule is Cc1c(F)cccc1-n1ccc(CNC2CC2)n1. The Morgan fingerprint density at radius 1 is 1.39 bits per heavy atom. The van der Waals surface area contributed by atoms with Crippen LogP contribution in [0.25, 0.3) is 5.69 Å². The first kappa shape index (κ1) is 11.4. The Labute approximate surface area is 106 Å². The predicted molar refractivity (Wildman–Crippen MR) is 68.1 cm³/mol. The third-order valence-electron chi connectivity index (χ3n) is 3.28. The zero-order valence-electron chi connectivity index (χ0n) is 10.4. The van der Waals surface area contributed by atoms with Crippen molar-refractivity contribution in [3.63, 3.8) is 0 Å². The van der Waals surface area contributed by atoms with Crippen molar-refractivity contribution in [2.45, 2.75) is 32.4 Å². The summed E-state index contributed by atoms with van der Waals surface area (Å²) in [5.41, 5.74) is 2.42. The quantitative estimate of drug-likeness (QED) is 0.897. The molecule has 1 aliphatic rings. The van der Waals surface area contributed by atoms with Gasteiger partial charge in [-0.15, -0.1) is 0 Å². The molecule has 0 amide bonds. The lowest BCUT2D eigenvalue weighted by Crippen LogP contribution is -2.15. The zero-order chi connectivity index (χ0) is 12.5. The van der Waals surface area contributed by atoms with Crippen molar-refractivity contribution in [2.75, 3.05) is 0 Å². The van der Waals surface area contributed by atoms with Crippen LogP contribution in [0.2, 0.25) is 0 Å². The zero-order valence-corrected chi connectivity index (χ0v) is 10.4. The average molecular weight is 245 g/mol. The summed E-state index contributed by atoms with van der Waals surface area (Å²) in [6.45, 7) is 2.56. The Bertz CT molecular complexity index is 558. The molecule has 1 saturated carbocycles. The number of aromatic nitrogens is 2. The summed E-state index contributed by atoms with van der Waals surface area (Å²) in [6.07, 6.45) is 4.42. The molecule has 1 aromatic heterocycles. The van der Waals surface area contributed by atoms with Gasteiger partial charge in [-0.1, -0.05) is 6.07 Å². The van der Waals surface area contributed by atoms with Gasteiger partial charge in [0, 0.05) is 24.3 Å². The lowest BCUT2D eigenvalue weighted by molar-refractivity contribution is 0.614. The maximum absolute atomic E-state index is 13.5. The Balaban J connectivity index is 1.80. The summed E-state index contributed by atoms with van der Waals surface area (Å²) < 4.78 is 15.2. The molecule has 1 N–H and O–H groups in total. The van der Waals surface area contributed by atoms with Crippen LogP contribution in [0.15, 0.2) is 30.5 Å². The van der Waals surface area contributed by atoms with Gasteiger partial charge in [0.05, 0.1) is 11.4 Å². The van der Waals surface area contributed by atoms with Crippen LogP contribution in [-0.2, 0) is 6.54 Å². The van der Waals surface area contributed by atoms with Gasteiger partial charge in [0.2, 0.25) is 0 Å². The predicted octanol–water partition coefficient (Wildman–Crippen LogP) is 2.57. The number of hydrogen-bond donors (Lipinski definition) is 1. The number of nitrogens with one attached hydrogen (secondary N) is 1. The molecular weight excluding hydrogens is 229 g/mol. The van der Waals surface area contributed by atoms with Crippen molar-refractivity contribution in [2.24, 2.45) is 0 Å². The van der Waals surface area contributed by atoms with E-state index < -0.39 is 0 Å². The Kier molecular flexibility index (Phi) is 2.88. The summed E-state index contributed by atoms with van der Waals surface area (Å²) in [4.78, 5) is 0. The van der Waals surface area contributed by atoms with Crippen molar-refractivity contribution in [1.29, 1.82) is 0 Å². The molecule has 3 rings (SSSR count). The molecule has 0 aliphatic heterocycles. The molecule has 0 spiro atoms. The lowest BCUT2D eigenvalue weighted by atomic mass is 10.2. The topological polar surface area (TPSA) is 29.9 Å². The molecule has 1 fully saturated rings. The smallest absolute Gasteiger partial charge is 0.128 e. The maximum Gasteiger partial charge on any atom is 0.128 e. The molecule has 0 unspecified atom stereocenters. The summed E-state index contributed by atoms with van der Waals surface area (Å²) in [6, 6.07) is 7.70. The highest BCUT2D eigenvalue weighted by Gasteiger charge is 2.20. The van der Waals surface area contributed by atoms with Gasteiger partial charge in [-0.2, -0.15) is 5.10 Å². The second-order valence-electron chi connectivity index (χ2n) is 4.79. The second kappa shape index (κ2) is 4.53. The molecule has 18 heavy (non-hydrogen) atoms. The van der Waals surface area contributed by atoms with Gasteiger partial charge in [0.1, 0.15) is 5.82 Å². The van der Waals surface area contributed by atoms with Crippen LogP contribution < -0.4 is 5.32 Å². The number of hydrogen-bond acceptors (Lipinski definition) is 2. The largest absolute Gasteiger partial charge is 0.308 e. The highest BCUT2D eigenvalue weighted by atomic mass is 19.1. The summed E-state index contributed by atoms with van der Waals surface area (Å²) >= 11 is 0. The Hall–Kier alpha value is -1.68. The van der Waals surface area contributed by atoms with E-state index in [1.807, 2.05) is 18.3 Å². The third-order valence-corrected chi connectivity index (χ3v) is 3.28. The van der Waals surface area contributed by atoms with Crippen molar-refractivity contribution in [3.8, 4) is 5.69 Å². The molecule has 1 heterocycles. The van der Waals surface area contributed by atoms with Crippen LogP contribution in [0.4, 0.5) is 4.39 Å². The van der Waals surface area contributed by atoms with E-state index in [2.05, 4.69) is 10.4 Å². The van der Waals surface area contributed by atoms with E-state index in [0.29, 0.717) is 11.6 Å². The maximum atomic E-state index is 13.5. The van der Waals surface area contributed by atoms with Crippen molar-refractivity contribution < 1.29 is 4.39 Å². The van der Waals surface area contributed by atoms with E-state index in [4.69, 9.17) is 0 Å². The molecule has 4 heteroatoms. The minimum Gasteiger partial charge on any atom is -0.308 e. The number of rotatable bonds is 4. The van der Waals surface area contributed by atoms with E-state index in [0.717, 1.165) is 17.9 Å². The molecular formula is C14H16FN3. The van der Waals surface area contributed by atoms with Crippen LogP contribution in [-0.4, -0.2) is 15.8 Å². The highest BCUT2D eigenvalue weighted by Crippen LogP contribution is 2.19. The normalized spacial score (nSPS) is 15.0. The van der Waals surface area contributed by atoms with E-state index in [1.54, 1.807) is 17.7 Å². The molecule has 0 atom stereocenters. The third kappa shape index (κ3) is 2.29.